The minimum Gasteiger partial charge on any atom is -0.493 e. The Hall–Kier alpha value is -1.72. The zero-order valence-electron chi connectivity index (χ0n) is 11.6. The van der Waals surface area contributed by atoms with E-state index in [1.165, 1.54) is 11.3 Å². The van der Waals surface area contributed by atoms with Gasteiger partial charge in [-0.25, -0.2) is 0 Å². The molecule has 1 heterocycles. The van der Waals surface area contributed by atoms with Crippen LogP contribution in [0.15, 0.2) is 36.4 Å². The van der Waals surface area contributed by atoms with Gasteiger partial charge < -0.3 is 15.8 Å². The highest BCUT2D eigenvalue weighted by Gasteiger charge is 2.11. The average molecular weight is 325 g/mol. The Kier molecular flexibility index (Phi) is 5.47. The summed E-state index contributed by atoms with van der Waals surface area (Å²) in [7, 11) is 0. The average Bonchev–Trinajstić information content (AvgIpc) is 2.88. The SMILES string of the molecule is CC(NC(=O)CCOc1ccc(N)cc1)c1ccc(Cl)s1. The molecule has 2 aromatic rings. The number of halogens is 1. The summed E-state index contributed by atoms with van der Waals surface area (Å²) in [5.74, 6) is 0.651. The quantitative estimate of drug-likeness (QED) is 0.797. The van der Waals surface area contributed by atoms with Crippen molar-refractivity contribution in [1.29, 1.82) is 0 Å². The first-order chi connectivity index (χ1) is 10.0. The van der Waals surface area contributed by atoms with Crippen molar-refractivity contribution in [1.82, 2.24) is 5.32 Å². The van der Waals surface area contributed by atoms with Crippen molar-refractivity contribution in [2.75, 3.05) is 12.3 Å². The Bertz CT molecular complexity index is 598. The van der Waals surface area contributed by atoms with Crippen molar-refractivity contribution in [2.45, 2.75) is 19.4 Å². The van der Waals surface area contributed by atoms with E-state index in [0.717, 1.165) is 9.21 Å². The molecule has 1 aromatic heterocycles. The summed E-state index contributed by atoms with van der Waals surface area (Å²) in [5, 5.41) is 2.92. The topological polar surface area (TPSA) is 64.3 Å². The molecule has 0 radical (unpaired) electrons. The molecule has 1 atom stereocenters. The molecule has 0 spiro atoms. The second kappa shape index (κ2) is 7.33. The van der Waals surface area contributed by atoms with Gasteiger partial charge in [-0.3, -0.25) is 4.79 Å². The largest absolute Gasteiger partial charge is 0.493 e. The summed E-state index contributed by atoms with van der Waals surface area (Å²) in [6.07, 6.45) is 0.299. The third-order valence-electron chi connectivity index (χ3n) is 2.88. The molecule has 6 heteroatoms. The van der Waals surface area contributed by atoms with Crippen molar-refractivity contribution < 1.29 is 9.53 Å². The summed E-state index contributed by atoms with van der Waals surface area (Å²) >= 11 is 7.35. The number of hydrogen-bond acceptors (Lipinski definition) is 4. The van der Waals surface area contributed by atoms with Gasteiger partial charge in [-0.15, -0.1) is 11.3 Å². The van der Waals surface area contributed by atoms with Crippen LogP contribution >= 0.6 is 22.9 Å². The first-order valence-corrected chi connectivity index (χ1v) is 7.77. The summed E-state index contributed by atoms with van der Waals surface area (Å²) in [6.45, 7) is 2.26. The Morgan fingerprint density at radius 2 is 2.05 bits per heavy atom. The molecule has 1 amide bonds. The van der Waals surface area contributed by atoms with E-state index in [4.69, 9.17) is 22.1 Å². The van der Waals surface area contributed by atoms with E-state index < -0.39 is 0 Å². The van der Waals surface area contributed by atoms with Gasteiger partial charge in [-0.1, -0.05) is 11.6 Å². The molecule has 1 aromatic carbocycles. The third kappa shape index (κ3) is 4.95. The summed E-state index contributed by atoms with van der Waals surface area (Å²) in [5.41, 5.74) is 6.27. The normalized spacial score (nSPS) is 11.9. The predicted molar refractivity (Wildman–Crippen MR) is 86.9 cm³/mol. The van der Waals surface area contributed by atoms with Crippen LogP contribution < -0.4 is 15.8 Å². The Labute approximate surface area is 132 Å². The number of thiophene rings is 1. The van der Waals surface area contributed by atoms with E-state index in [2.05, 4.69) is 5.32 Å². The van der Waals surface area contributed by atoms with Crippen molar-refractivity contribution in [3.05, 3.63) is 45.6 Å². The predicted octanol–water partition coefficient (Wildman–Crippen LogP) is 3.63. The minimum absolute atomic E-state index is 0.0495. The van der Waals surface area contributed by atoms with Crippen molar-refractivity contribution in [3.63, 3.8) is 0 Å². The number of carbonyl (C=O) groups is 1. The van der Waals surface area contributed by atoms with Crippen LogP contribution in [0.1, 0.15) is 24.3 Å². The van der Waals surface area contributed by atoms with E-state index in [1.807, 2.05) is 19.1 Å². The molecule has 0 aliphatic carbocycles. The van der Waals surface area contributed by atoms with E-state index in [1.54, 1.807) is 24.3 Å². The van der Waals surface area contributed by atoms with Gasteiger partial charge in [0.15, 0.2) is 0 Å². The fourth-order valence-corrected chi connectivity index (χ4v) is 2.83. The number of nitrogen functional groups attached to an aromatic ring is 1. The highest BCUT2D eigenvalue weighted by Crippen LogP contribution is 2.26. The number of hydrogen-bond donors (Lipinski definition) is 2. The number of ether oxygens (including phenoxy) is 1. The number of nitrogens with two attached hydrogens (primary N) is 1. The first kappa shape index (κ1) is 15.7. The van der Waals surface area contributed by atoms with Crippen molar-refractivity contribution in [3.8, 4) is 5.75 Å². The highest BCUT2D eigenvalue weighted by atomic mass is 35.5. The molecule has 4 nitrogen and oxygen atoms in total. The van der Waals surface area contributed by atoms with Gasteiger partial charge >= 0.3 is 0 Å². The third-order valence-corrected chi connectivity index (χ3v) is 4.29. The lowest BCUT2D eigenvalue weighted by atomic mass is 10.2. The minimum atomic E-state index is -0.0533. The van der Waals surface area contributed by atoms with E-state index in [0.29, 0.717) is 24.5 Å². The standard InChI is InChI=1S/C15H17ClN2O2S/c1-10(13-6-7-14(16)21-13)18-15(19)8-9-20-12-4-2-11(17)3-5-12/h2-7,10H,8-9,17H2,1H3,(H,18,19). The van der Waals surface area contributed by atoms with Gasteiger partial charge in [0, 0.05) is 10.6 Å². The van der Waals surface area contributed by atoms with Crippen LogP contribution in [-0.4, -0.2) is 12.5 Å². The molecular formula is C15H17ClN2O2S. The Morgan fingerprint density at radius 3 is 2.67 bits per heavy atom. The second-order valence-corrected chi connectivity index (χ2v) is 6.35. The maximum atomic E-state index is 11.8. The molecule has 1 unspecified atom stereocenters. The smallest absolute Gasteiger partial charge is 0.223 e. The number of amides is 1. The van der Waals surface area contributed by atoms with Gasteiger partial charge in [0.2, 0.25) is 5.91 Å². The fourth-order valence-electron chi connectivity index (χ4n) is 1.77. The van der Waals surface area contributed by atoms with E-state index in [-0.39, 0.29) is 11.9 Å². The second-order valence-electron chi connectivity index (χ2n) is 4.60. The van der Waals surface area contributed by atoms with E-state index >= 15 is 0 Å². The fraction of sp³-hybridized carbons (Fsp3) is 0.267. The number of nitrogens with one attached hydrogen (secondary N) is 1. The Balaban J connectivity index is 1.73. The molecule has 0 saturated heterocycles. The molecule has 112 valence electrons. The number of benzene rings is 1. The van der Waals surface area contributed by atoms with Crippen LogP contribution in [0.5, 0.6) is 5.75 Å². The molecule has 3 N–H and O–H groups in total. The molecule has 21 heavy (non-hydrogen) atoms. The lowest BCUT2D eigenvalue weighted by Gasteiger charge is -2.12. The zero-order chi connectivity index (χ0) is 15.2. The summed E-state index contributed by atoms with van der Waals surface area (Å²) in [4.78, 5) is 12.9. The molecule has 0 fully saturated rings. The Morgan fingerprint density at radius 1 is 1.33 bits per heavy atom. The molecule has 2 rings (SSSR count). The van der Waals surface area contributed by atoms with Crippen LogP contribution in [0.2, 0.25) is 4.34 Å². The van der Waals surface area contributed by atoms with E-state index in [9.17, 15) is 4.79 Å². The van der Waals surface area contributed by atoms with Gasteiger partial charge in [-0.2, -0.15) is 0 Å². The van der Waals surface area contributed by atoms with Crippen LogP contribution in [-0.2, 0) is 4.79 Å². The highest BCUT2D eigenvalue weighted by molar-refractivity contribution is 7.16. The molecule has 0 saturated carbocycles. The van der Waals surface area contributed by atoms with Crippen molar-refractivity contribution >= 4 is 34.5 Å². The molecule has 0 bridgehead atoms. The van der Waals surface area contributed by atoms with Gasteiger partial charge in [-0.05, 0) is 43.3 Å². The summed E-state index contributed by atoms with van der Waals surface area (Å²) in [6, 6.07) is 10.8. The number of carbonyl (C=O) groups excluding carboxylic acids is 1. The van der Waals surface area contributed by atoms with Gasteiger partial charge in [0.05, 0.1) is 23.4 Å². The summed E-state index contributed by atoms with van der Waals surface area (Å²) < 4.78 is 6.21. The molecule has 0 aliphatic rings. The maximum Gasteiger partial charge on any atom is 0.223 e. The lowest BCUT2D eigenvalue weighted by molar-refractivity contribution is -0.122. The molecular weight excluding hydrogens is 308 g/mol. The zero-order valence-corrected chi connectivity index (χ0v) is 13.2. The van der Waals surface area contributed by atoms with Gasteiger partial charge in [0.1, 0.15) is 5.75 Å². The van der Waals surface area contributed by atoms with Gasteiger partial charge in [0.25, 0.3) is 0 Å². The monoisotopic (exact) mass is 324 g/mol. The van der Waals surface area contributed by atoms with Crippen LogP contribution in [0.3, 0.4) is 0 Å². The maximum absolute atomic E-state index is 11.8. The van der Waals surface area contributed by atoms with Crippen LogP contribution in [0.4, 0.5) is 5.69 Å². The first-order valence-electron chi connectivity index (χ1n) is 6.57. The number of rotatable bonds is 6. The lowest BCUT2D eigenvalue weighted by Crippen LogP contribution is -2.27. The molecule has 0 aliphatic heterocycles. The van der Waals surface area contributed by atoms with Crippen LogP contribution in [0.25, 0.3) is 0 Å². The van der Waals surface area contributed by atoms with Crippen molar-refractivity contribution in [2.24, 2.45) is 0 Å². The number of anilines is 1. The van der Waals surface area contributed by atoms with Crippen LogP contribution in [0, 0.1) is 0 Å².